The van der Waals surface area contributed by atoms with Crippen molar-refractivity contribution in [1.29, 1.82) is 0 Å². The van der Waals surface area contributed by atoms with E-state index in [2.05, 4.69) is 25.8 Å². The molecule has 0 N–H and O–H groups in total. The zero-order valence-electron chi connectivity index (χ0n) is 8.92. The van der Waals surface area contributed by atoms with Crippen LogP contribution < -0.4 is 0 Å². The summed E-state index contributed by atoms with van der Waals surface area (Å²) in [5.74, 6) is -0.320. The second-order valence-electron chi connectivity index (χ2n) is 3.31. The van der Waals surface area contributed by atoms with Crippen molar-refractivity contribution in [3.8, 4) is 0 Å². The number of carbonyl (C=O) groups is 1. The molecule has 1 aromatic heterocycles. The Balaban J connectivity index is 2.41. The summed E-state index contributed by atoms with van der Waals surface area (Å²) < 4.78 is 41.5. The molecule has 0 bridgehead atoms. The minimum atomic E-state index is -4.36. The van der Waals surface area contributed by atoms with Gasteiger partial charge >= 0.3 is 6.18 Å². The standard InChI is InChI=1S/C9H10BrF3N2O2/c1-15-8(6(10)4-14-15)7(16)2-3-17-5-9(11,12)13/h4H,2-3,5H2,1H3. The number of ketones is 1. The summed E-state index contributed by atoms with van der Waals surface area (Å²) in [5.41, 5.74) is 0.320. The summed E-state index contributed by atoms with van der Waals surface area (Å²) in [5, 5.41) is 3.83. The van der Waals surface area contributed by atoms with Gasteiger partial charge in [-0.05, 0) is 15.9 Å². The summed E-state index contributed by atoms with van der Waals surface area (Å²) in [6.07, 6.45) is -3.03. The lowest BCUT2D eigenvalue weighted by Crippen LogP contribution is -2.19. The van der Waals surface area contributed by atoms with Crippen molar-refractivity contribution in [2.75, 3.05) is 13.2 Å². The molecule has 0 unspecified atom stereocenters. The maximum Gasteiger partial charge on any atom is 0.411 e. The minimum Gasteiger partial charge on any atom is -0.372 e. The lowest BCUT2D eigenvalue weighted by atomic mass is 10.2. The first-order valence-electron chi connectivity index (χ1n) is 4.66. The van der Waals surface area contributed by atoms with E-state index >= 15 is 0 Å². The number of ether oxygens (including phenoxy) is 1. The summed E-state index contributed by atoms with van der Waals surface area (Å²) in [7, 11) is 1.58. The van der Waals surface area contributed by atoms with Crippen molar-refractivity contribution >= 4 is 21.7 Å². The van der Waals surface area contributed by atoms with Crippen LogP contribution in [-0.2, 0) is 11.8 Å². The molecule has 0 aliphatic heterocycles. The summed E-state index contributed by atoms with van der Waals surface area (Å²) in [6.45, 7) is -1.61. The van der Waals surface area contributed by atoms with Crippen LogP contribution in [0.25, 0.3) is 0 Å². The Labute approximate surface area is 104 Å². The molecule has 0 atom stereocenters. The molecule has 0 aromatic carbocycles. The minimum absolute atomic E-state index is 0.117. The van der Waals surface area contributed by atoms with E-state index in [1.54, 1.807) is 7.05 Å². The molecule has 1 rings (SSSR count). The van der Waals surface area contributed by atoms with E-state index in [-0.39, 0.29) is 18.8 Å². The predicted molar refractivity (Wildman–Crippen MR) is 56.7 cm³/mol. The van der Waals surface area contributed by atoms with Gasteiger partial charge in [-0.1, -0.05) is 0 Å². The molecule has 1 aromatic rings. The van der Waals surface area contributed by atoms with E-state index in [1.807, 2.05) is 0 Å². The predicted octanol–water partition coefficient (Wildman–Crippen LogP) is 2.33. The molecular formula is C9H10BrF3N2O2. The van der Waals surface area contributed by atoms with Crippen molar-refractivity contribution in [2.45, 2.75) is 12.6 Å². The van der Waals surface area contributed by atoms with Gasteiger partial charge in [0.05, 0.1) is 17.3 Å². The number of alkyl halides is 3. The zero-order valence-corrected chi connectivity index (χ0v) is 10.5. The van der Waals surface area contributed by atoms with Crippen LogP contribution in [0.15, 0.2) is 10.7 Å². The monoisotopic (exact) mass is 314 g/mol. The van der Waals surface area contributed by atoms with Gasteiger partial charge in [-0.15, -0.1) is 0 Å². The van der Waals surface area contributed by atoms with Gasteiger partial charge in [-0.3, -0.25) is 9.48 Å². The van der Waals surface area contributed by atoms with Crippen LogP contribution >= 0.6 is 15.9 Å². The van der Waals surface area contributed by atoms with E-state index in [9.17, 15) is 18.0 Å². The van der Waals surface area contributed by atoms with Gasteiger partial charge in [0.15, 0.2) is 5.78 Å². The largest absolute Gasteiger partial charge is 0.411 e. The van der Waals surface area contributed by atoms with Crippen molar-refractivity contribution in [3.05, 3.63) is 16.4 Å². The normalized spacial score (nSPS) is 11.8. The molecule has 0 saturated heterocycles. The topological polar surface area (TPSA) is 44.1 Å². The van der Waals surface area contributed by atoms with E-state index in [1.165, 1.54) is 10.9 Å². The molecule has 0 spiro atoms. The van der Waals surface area contributed by atoms with Gasteiger partial charge in [-0.25, -0.2) is 0 Å². The first-order chi connectivity index (χ1) is 7.81. The Morgan fingerprint density at radius 1 is 1.59 bits per heavy atom. The molecule has 96 valence electrons. The fraction of sp³-hybridized carbons (Fsp3) is 0.556. The highest BCUT2D eigenvalue weighted by Crippen LogP contribution is 2.17. The lowest BCUT2D eigenvalue weighted by molar-refractivity contribution is -0.173. The van der Waals surface area contributed by atoms with E-state index in [0.29, 0.717) is 10.2 Å². The summed E-state index contributed by atoms with van der Waals surface area (Å²) >= 11 is 3.13. The van der Waals surface area contributed by atoms with Crippen LogP contribution in [0.2, 0.25) is 0 Å². The molecule has 0 saturated carbocycles. The van der Waals surface area contributed by atoms with E-state index in [0.717, 1.165) is 0 Å². The Morgan fingerprint density at radius 3 is 2.71 bits per heavy atom. The number of halogens is 4. The molecule has 0 amide bonds. The summed E-state index contributed by atoms with van der Waals surface area (Å²) in [6, 6.07) is 0. The molecule has 17 heavy (non-hydrogen) atoms. The van der Waals surface area contributed by atoms with Crippen LogP contribution in [0, 0.1) is 0 Å². The maximum atomic E-state index is 11.8. The van der Waals surface area contributed by atoms with E-state index in [4.69, 9.17) is 0 Å². The van der Waals surface area contributed by atoms with Gasteiger partial charge in [0, 0.05) is 13.5 Å². The number of nitrogens with zero attached hydrogens (tertiary/aromatic N) is 2. The van der Waals surface area contributed by atoms with Crippen LogP contribution in [0.1, 0.15) is 16.9 Å². The third kappa shape index (κ3) is 4.47. The molecule has 0 aliphatic rings. The van der Waals surface area contributed by atoms with Crippen LogP contribution in [0.3, 0.4) is 0 Å². The lowest BCUT2D eigenvalue weighted by Gasteiger charge is -2.07. The number of hydrogen-bond donors (Lipinski definition) is 0. The zero-order chi connectivity index (χ0) is 13.1. The smallest absolute Gasteiger partial charge is 0.372 e. The number of carbonyl (C=O) groups excluding carboxylic acids is 1. The number of rotatable bonds is 5. The highest BCUT2D eigenvalue weighted by Gasteiger charge is 2.27. The second kappa shape index (κ2) is 5.63. The molecule has 0 radical (unpaired) electrons. The number of hydrogen-bond acceptors (Lipinski definition) is 3. The molecular weight excluding hydrogens is 305 g/mol. The van der Waals surface area contributed by atoms with Gasteiger partial charge < -0.3 is 4.74 Å². The number of aromatic nitrogens is 2. The third-order valence-corrected chi connectivity index (χ3v) is 2.48. The fourth-order valence-electron chi connectivity index (χ4n) is 1.20. The number of Topliss-reactive ketones (excluding diaryl/α,β-unsaturated/α-hetero) is 1. The van der Waals surface area contributed by atoms with Crippen LogP contribution in [0.4, 0.5) is 13.2 Å². The maximum absolute atomic E-state index is 11.8. The number of aryl methyl sites for hydroxylation is 1. The average molecular weight is 315 g/mol. The molecule has 1 heterocycles. The van der Waals surface area contributed by atoms with Crippen molar-refractivity contribution in [1.82, 2.24) is 9.78 Å². The third-order valence-electron chi connectivity index (χ3n) is 1.90. The first kappa shape index (κ1) is 14.2. The van der Waals surface area contributed by atoms with Crippen LogP contribution in [0.5, 0.6) is 0 Å². The summed E-state index contributed by atoms with van der Waals surface area (Å²) in [4.78, 5) is 11.6. The van der Waals surface area contributed by atoms with Crippen molar-refractivity contribution < 1.29 is 22.7 Å². The molecule has 0 aliphatic carbocycles. The Hall–Kier alpha value is -0.890. The Bertz CT molecular complexity index is 384. The first-order valence-corrected chi connectivity index (χ1v) is 5.46. The fourth-order valence-corrected chi connectivity index (χ4v) is 1.76. The second-order valence-corrected chi connectivity index (χ2v) is 4.16. The van der Waals surface area contributed by atoms with Crippen molar-refractivity contribution in [2.24, 2.45) is 7.05 Å². The molecule has 8 heteroatoms. The van der Waals surface area contributed by atoms with Gasteiger partial charge in [0.1, 0.15) is 12.3 Å². The molecule has 4 nitrogen and oxygen atoms in total. The highest BCUT2D eigenvalue weighted by molar-refractivity contribution is 9.10. The molecule has 0 fully saturated rings. The van der Waals surface area contributed by atoms with Gasteiger partial charge in [0.25, 0.3) is 0 Å². The average Bonchev–Trinajstić information content (AvgIpc) is 2.52. The van der Waals surface area contributed by atoms with Gasteiger partial charge in [0.2, 0.25) is 0 Å². The van der Waals surface area contributed by atoms with Crippen molar-refractivity contribution in [3.63, 3.8) is 0 Å². The van der Waals surface area contributed by atoms with Gasteiger partial charge in [-0.2, -0.15) is 18.3 Å². The SMILES string of the molecule is Cn1ncc(Br)c1C(=O)CCOCC(F)(F)F. The Kier molecular flexibility index (Phi) is 4.70. The van der Waals surface area contributed by atoms with Crippen LogP contribution in [-0.4, -0.2) is 35.0 Å². The highest BCUT2D eigenvalue weighted by atomic mass is 79.9. The van der Waals surface area contributed by atoms with E-state index < -0.39 is 12.8 Å². The Morgan fingerprint density at radius 2 is 2.24 bits per heavy atom. The quantitative estimate of drug-likeness (QED) is 0.619.